The number of aromatic nitrogens is 2. The van der Waals surface area contributed by atoms with Gasteiger partial charge in [-0.15, -0.1) is 0 Å². The number of anilines is 2. The summed E-state index contributed by atoms with van der Waals surface area (Å²) >= 11 is 6.38. The molecule has 36 heavy (non-hydrogen) atoms. The lowest BCUT2D eigenvalue weighted by molar-refractivity contribution is -0.182. The molecule has 1 aromatic heterocycles. The average molecular weight is 523 g/mol. The summed E-state index contributed by atoms with van der Waals surface area (Å²) in [6.45, 7) is 2.52. The molecule has 11 heteroatoms. The van der Waals surface area contributed by atoms with Crippen LogP contribution < -0.4 is 20.1 Å². The number of fused-ring (bicyclic) bond motifs is 3. The number of ether oxygens (including phenoxy) is 2. The molecule has 2 aliphatic rings. The number of amides is 1. The third-order valence-electron chi connectivity index (χ3n) is 6.87. The van der Waals surface area contributed by atoms with Crippen LogP contribution in [0, 0.1) is 12.8 Å². The molecule has 0 spiro atoms. The molecule has 5 rings (SSSR count). The van der Waals surface area contributed by atoms with Gasteiger partial charge < -0.3 is 24.7 Å². The molecule has 1 aliphatic heterocycles. The fourth-order valence-electron chi connectivity index (χ4n) is 4.90. The van der Waals surface area contributed by atoms with Gasteiger partial charge in [-0.25, -0.2) is 4.98 Å². The normalized spacial score (nSPS) is 19.8. The fraction of sp³-hybridized carbons (Fsp3) is 0.440. The second-order valence-electron chi connectivity index (χ2n) is 9.26. The standard InChI is InChI=1S/C25H26ClF3N4O3/c1-13-4-3-5-17(26)19(13)32-24-31-18-12-16(21-22(20(18)33(24)2)36-11-10-35-21)23(34)30-15-8-6-14(7-9-15)25(27,28)29/h3-5,12,14-15H,6-11H2,1-2H3,(H,30,34)(H,31,32)/t14-,15-. The van der Waals surface area contributed by atoms with Crippen LogP contribution in [0.3, 0.4) is 0 Å². The summed E-state index contributed by atoms with van der Waals surface area (Å²) in [7, 11) is 1.82. The smallest absolute Gasteiger partial charge is 0.391 e. The van der Waals surface area contributed by atoms with E-state index >= 15 is 0 Å². The Balaban J connectivity index is 1.45. The molecule has 7 nitrogen and oxygen atoms in total. The van der Waals surface area contributed by atoms with Crippen LogP contribution in [0.2, 0.25) is 5.02 Å². The minimum atomic E-state index is -4.20. The van der Waals surface area contributed by atoms with Crippen LogP contribution in [0.25, 0.3) is 11.0 Å². The zero-order valence-corrected chi connectivity index (χ0v) is 20.6. The van der Waals surface area contributed by atoms with Gasteiger partial charge in [0.15, 0.2) is 11.5 Å². The van der Waals surface area contributed by atoms with E-state index in [-0.39, 0.29) is 43.9 Å². The molecule has 1 fully saturated rings. The summed E-state index contributed by atoms with van der Waals surface area (Å²) in [5.74, 6) is -0.521. The van der Waals surface area contributed by atoms with E-state index in [2.05, 4.69) is 15.6 Å². The van der Waals surface area contributed by atoms with Gasteiger partial charge in [-0.05, 0) is 50.3 Å². The number of nitrogens with zero attached hydrogens (tertiary/aromatic N) is 2. The van der Waals surface area contributed by atoms with Crippen LogP contribution in [-0.2, 0) is 7.05 Å². The number of aryl methyl sites for hydroxylation is 2. The molecule has 3 aromatic rings. The highest BCUT2D eigenvalue weighted by atomic mass is 35.5. The second kappa shape index (κ2) is 9.38. The van der Waals surface area contributed by atoms with Crippen molar-refractivity contribution in [1.82, 2.24) is 14.9 Å². The van der Waals surface area contributed by atoms with Gasteiger partial charge in [0.1, 0.15) is 18.7 Å². The third-order valence-corrected chi connectivity index (χ3v) is 7.19. The largest absolute Gasteiger partial charge is 0.485 e. The van der Waals surface area contributed by atoms with Crippen LogP contribution in [-0.4, -0.2) is 40.9 Å². The first-order valence-electron chi connectivity index (χ1n) is 11.8. The maximum absolute atomic E-state index is 13.2. The summed E-state index contributed by atoms with van der Waals surface area (Å²) in [6, 6.07) is 6.86. The van der Waals surface area contributed by atoms with Crippen LogP contribution in [0.5, 0.6) is 11.5 Å². The van der Waals surface area contributed by atoms with E-state index < -0.39 is 18.0 Å². The van der Waals surface area contributed by atoms with E-state index in [0.717, 1.165) is 11.3 Å². The third kappa shape index (κ3) is 4.54. The summed E-state index contributed by atoms with van der Waals surface area (Å²) < 4.78 is 52.6. The lowest BCUT2D eigenvalue weighted by Gasteiger charge is -2.30. The van der Waals surface area contributed by atoms with Crippen LogP contribution in [0.1, 0.15) is 41.6 Å². The monoisotopic (exact) mass is 522 g/mol. The maximum atomic E-state index is 13.2. The highest BCUT2D eigenvalue weighted by molar-refractivity contribution is 6.33. The molecule has 0 saturated heterocycles. The van der Waals surface area contributed by atoms with E-state index in [4.69, 9.17) is 21.1 Å². The molecule has 0 bridgehead atoms. The zero-order chi connectivity index (χ0) is 25.6. The van der Waals surface area contributed by atoms with Gasteiger partial charge in [-0.1, -0.05) is 23.7 Å². The predicted octanol–water partition coefficient (Wildman–Crippen LogP) is 5.90. The highest BCUT2D eigenvalue weighted by Gasteiger charge is 2.41. The Hall–Kier alpha value is -3.14. The minimum Gasteiger partial charge on any atom is -0.485 e. The Bertz CT molecular complexity index is 1300. The van der Waals surface area contributed by atoms with Gasteiger partial charge in [0.2, 0.25) is 5.95 Å². The van der Waals surface area contributed by atoms with Gasteiger partial charge in [-0.2, -0.15) is 13.2 Å². The molecule has 192 valence electrons. The molecule has 0 atom stereocenters. The number of hydrogen-bond donors (Lipinski definition) is 2. The van der Waals surface area contributed by atoms with Crippen molar-refractivity contribution in [3.8, 4) is 11.5 Å². The van der Waals surface area contributed by atoms with E-state index in [1.807, 2.05) is 30.7 Å². The SMILES string of the molecule is Cc1cccc(Cl)c1Nc1nc2cc(C(=O)N[C@H]3CC[C@H](C(F)(F)F)CC3)c3c(c2n1C)OCCO3. The Labute approximate surface area is 210 Å². The number of hydrogen-bond acceptors (Lipinski definition) is 5. The number of carbonyl (C=O) groups excluding carboxylic acids is 1. The Kier molecular flexibility index (Phi) is 6.40. The lowest BCUT2D eigenvalue weighted by Crippen LogP contribution is -2.40. The molecular weight excluding hydrogens is 497 g/mol. The minimum absolute atomic E-state index is 0.00192. The summed E-state index contributed by atoms with van der Waals surface area (Å²) in [6.07, 6.45) is -3.65. The summed E-state index contributed by atoms with van der Waals surface area (Å²) in [5.41, 5.74) is 3.07. The second-order valence-corrected chi connectivity index (χ2v) is 9.67. The van der Waals surface area contributed by atoms with E-state index in [9.17, 15) is 18.0 Å². The number of para-hydroxylation sites is 1. The topological polar surface area (TPSA) is 77.4 Å². The Morgan fingerprint density at radius 3 is 2.50 bits per heavy atom. The summed E-state index contributed by atoms with van der Waals surface area (Å²) in [4.78, 5) is 17.9. The molecule has 2 heterocycles. The van der Waals surface area contributed by atoms with Crippen molar-refractivity contribution in [3.63, 3.8) is 0 Å². The van der Waals surface area contributed by atoms with Gasteiger partial charge in [-0.3, -0.25) is 4.79 Å². The highest BCUT2D eigenvalue weighted by Crippen LogP contribution is 2.43. The van der Waals surface area contributed by atoms with Gasteiger partial charge in [0.05, 0.1) is 27.7 Å². The average Bonchev–Trinajstić information content (AvgIpc) is 3.16. The van der Waals surface area contributed by atoms with E-state index in [0.29, 0.717) is 40.1 Å². The molecule has 1 aliphatic carbocycles. The molecule has 0 unspecified atom stereocenters. The number of rotatable bonds is 4. The van der Waals surface area contributed by atoms with Crippen molar-refractivity contribution in [2.24, 2.45) is 13.0 Å². The molecular formula is C25H26ClF3N4O3. The van der Waals surface area contributed by atoms with Crippen molar-refractivity contribution in [2.45, 2.75) is 44.8 Å². The van der Waals surface area contributed by atoms with Crippen molar-refractivity contribution >= 4 is 40.2 Å². The number of halogens is 4. The van der Waals surface area contributed by atoms with Crippen molar-refractivity contribution in [2.75, 3.05) is 18.5 Å². The maximum Gasteiger partial charge on any atom is 0.391 e. The van der Waals surface area contributed by atoms with Crippen molar-refractivity contribution in [1.29, 1.82) is 0 Å². The van der Waals surface area contributed by atoms with Crippen molar-refractivity contribution in [3.05, 3.63) is 40.4 Å². The number of nitrogens with one attached hydrogen (secondary N) is 2. The first-order valence-corrected chi connectivity index (χ1v) is 12.2. The van der Waals surface area contributed by atoms with Crippen molar-refractivity contribution < 1.29 is 27.4 Å². The molecule has 2 aromatic carbocycles. The predicted molar refractivity (Wildman–Crippen MR) is 130 cm³/mol. The first-order chi connectivity index (χ1) is 17.1. The van der Waals surface area contributed by atoms with Gasteiger partial charge >= 0.3 is 6.18 Å². The Morgan fingerprint density at radius 1 is 1.14 bits per heavy atom. The van der Waals surface area contributed by atoms with E-state index in [1.165, 1.54) is 0 Å². The number of benzene rings is 2. The number of imidazole rings is 1. The molecule has 1 saturated carbocycles. The van der Waals surface area contributed by atoms with Gasteiger partial charge in [0.25, 0.3) is 5.91 Å². The van der Waals surface area contributed by atoms with Gasteiger partial charge in [0, 0.05) is 13.1 Å². The fourth-order valence-corrected chi connectivity index (χ4v) is 5.17. The molecule has 0 radical (unpaired) electrons. The molecule has 1 amide bonds. The van der Waals surface area contributed by atoms with E-state index in [1.54, 1.807) is 12.1 Å². The molecule has 2 N–H and O–H groups in total. The first kappa shape index (κ1) is 24.5. The van der Waals surface area contributed by atoms with Crippen LogP contribution >= 0.6 is 11.6 Å². The number of carbonyl (C=O) groups is 1. The van der Waals surface area contributed by atoms with Crippen LogP contribution in [0.4, 0.5) is 24.8 Å². The quantitative estimate of drug-likeness (QED) is 0.446. The lowest BCUT2D eigenvalue weighted by atomic mass is 9.85. The zero-order valence-electron chi connectivity index (χ0n) is 19.8. The Morgan fingerprint density at radius 2 is 1.83 bits per heavy atom. The summed E-state index contributed by atoms with van der Waals surface area (Å²) in [5, 5.41) is 6.70. The number of alkyl halides is 3. The van der Waals surface area contributed by atoms with Crippen LogP contribution in [0.15, 0.2) is 24.3 Å².